The first-order valence-corrected chi connectivity index (χ1v) is 23.9. The van der Waals surface area contributed by atoms with Crippen molar-refractivity contribution in [3.05, 3.63) is 158 Å². The van der Waals surface area contributed by atoms with Gasteiger partial charge in [-0.1, -0.05) is 107 Å². The van der Waals surface area contributed by atoms with Gasteiger partial charge in [-0.25, -0.2) is 0 Å². The third-order valence-corrected chi connectivity index (χ3v) is 13.0. The summed E-state index contributed by atoms with van der Waals surface area (Å²) in [6, 6.07) is 42.1. The minimum Gasteiger partial charge on any atom is -0.377 e. The van der Waals surface area contributed by atoms with Crippen molar-refractivity contribution >= 4 is 106 Å². The smallest absolute Gasteiger partial charge is 0.286 e. The van der Waals surface area contributed by atoms with Crippen LogP contribution in [-0.2, 0) is 16.1 Å². The van der Waals surface area contributed by atoms with E-state index in [2.05, 4.69) is 83.9 Å². The number of pyridine rings is 1. The minimum atomic E-state index is -0.0728. The number of fused-ring (bicyclic) bond motifs is 3. The zero-order valence-corrected chi connectivity index (χ0v) is 38.8. The van der Waals surface area contributed by atoms with Gasteiger partial charge >= 0.3 is 0 Å². The molecule has 1 heterocycles. The van der Waals surface area contributed by atoms with Crippen LogP contribution in [0, 0.1) is 0 Å². The molecule has 6 aromatic carbocycles. The lowest BCUT2D eigenvalue weighted by Crippen LogP contribution is -2.81. The largest absolute Gasteiger partial charge is 0.377 e. The lowest BCUT2D eigenvalue weighted by atomic mass is 10.1. The number of hydrogen-bond acceptors (Lipinski definition) is 10. The zero-order chi connectivity index (χ0) is 45.5. The molecule has 0 atom stereocenters. The number of nitrogens with two attached hydrogens (primary N) is 1. The van der Waals surface area contributed by atoms with Gasteiger partial charge in [0.25, 0.3) is 11.8 Å². The molecule has 0 aliphatic rings. The van der Waals surface area contributed by atoms with Gasteiger partial charge < -0.3 is 25.8 Å². The Morgan fingerprint density at radius 1 is 0.631 bits per heavy atom. The molecule has 65 heavy (non-hydrogen) atoms. The first kappa shape index (κ1) is 46.1. The van der Waals surface area contributed by atoms with Crippen molar-refractivity contribution in [1.82, 2.24) is 10.6 Å². The number of benzene rings is 6. The van der Waals surface area contributed by atoms with Crippen LogP contribution in [0.1, 0.15) is 5.56 Å². The van der Waals surface area contributed by atoms with Gasteiger partial charge in [0.1, 0.15) is 11.4 Å². The number of carbonyl (C=O) groups excluding carboxylic acids is 2. The average Bonchev–Trinajstić information content (AvgIpc) is 3.32. The second kappa shape index (κ2) is 22.7. The predicted molar refractivity (Wildman–Crippen MR) is 271 cm³/mol. The van der Waals surface area contributed by atoms with Crippen molar-refractivity contribution in [2.45, 2.75) is 6.54 Å². The summed E-state index contributed by atoms with van der Waals surface area (Å²) < 4.78 is 1.93. The highest BCUT2D eigenvalue weighted by molar-refractivity contribution is 8.76. The lowest BCUT2D eigenvalue weighted by molar-refractivity contribution is -0.658. The third kappa shape index (κ3) is 11.8. The van der Waals surface area contributed by atoms with E-state index in [1.807, 2.05) is 141 Å². The van der Waals surface area contributed by atoms with E-state index in [0.717, 1.165) is 83.6 Å². The van der Waals surface area contributed by atoms with Crippen LogP contribution < -0.4 is 30.3 Å². The monoisotopic (exact) mass is 902 g/mol. The number of para-hydroxylation sites is 2. The van der Waals surface area contributed by atoms with Crippen molar-refractivity contribution in [2.75, 3.05) is 69.1 Å². The highest BCUT2D eigenvalue weighted by atomic mass is 33.1. The maximum Gasteiger partial charge on any atom is 0.286 e. The normalized spacial score (nSPS) is 11.8. The Morgan fingerprint density at radius 3 is 1.77 bits per heavy atom. The molecule has 1 aromatic heterocycles. The molecule has 2 amide bonds. The Bertz CT molecular complexity index is 2910. The van der Waals surface area contributed by atoms with Gasteiger partial charge in [-0.15, -0.1) is 20.5 Å². The second-order valence-corrected chi connectivity index (χ2v) is 18.2. The molecule has 0 saturated heterocycles. The molecule has 7 rings (SSSR count). The fourth-order valence-corrected chi connectivity index (χ4v) is 9.28. The van der Waals surface area contributed by atoms with E-state index in [1.54, 1.807) is 27.7 Å². The molecule has 0 bridgehead atoms. The fraction of sp³-hybridized carbons (Fsp3) is 0.196. The number of nitrogens with one attached hydrogen (secondary N) is 2. The minimum absolute atomic E-state index is 0.0642. The molecule has 0 fully saturated rings. The molecule has 0 unspecified atom stereocenters. The number of hydrogen-bond donors (Lipinski definition) is 3. The molecule has 12 nitrogen and oxygen atoms in total. The van der Waals surface area contributed by atoms with Crippen molar-refractivity contribution < 1.29 is 19.5 Å². The number of amides is 2. The Hall–Kier alpha value is -6.87. The number of allylic oxidation sites excluding steroid dienone is 2. The summed E-state index contributed by atoms with van der Waals surface area (Å²) >= 11 is 0. The zero-order valence-electron chi connectivity index (χ0n) is 37.1. The summed E-state index contributed by atoms with van der Waals surface area (Å²) in [5.74, 6) is 1.34. The molecule has 330 valence electrons. The van der Waals surface area contributed by atoms with Crippen LogP contribution in [0.15, 0.2) is 173 Å². The Labute approximate surface area is 388 Å². The van der Waals surface area contributed by atoms with Gasteiger partial charge in [0.2, 0.25) is 12.1 Å². The summed E-state index contributed by atoms with van der Waals surface area (Å²) in [4.78, 5) is 30.1. The molecule has 0 aliphatic heterocycles. The van der Waals surface area contributed by atoms with Crippen LogP contribution in [0.3, 0.4) is 0 Å². The van der Waals surface area contributed by atoms with Crippen LogP contribution in [0.5, 0.6) is 0 Å². The van der Waals surface area contributed by atoms with Crippen LogP contribution in [0.4, 0.5) is 34.1 Å². The summed E-state index contributed by atoms with van der Waals surface area (Å²) in [7, 11) is 11.4. The van der Waals surface area contributed by atoms with E-state index in [0.29, 0.717) is 18.8 Å². The van der Waals surface area contributed by atoms with E-state index >= 15 is 0 Å². The summed E-state index contributed by atoms with van der Waals surface area (Å²) in [6.07, 6.45) is 5.41. The van der Waals surface area contributed by atoms with Crippen molar-refractivity contribution in [3.63, 3.8) is 0 Å². The first-order chi connectivity index (χ1) is 31.7. The molecule has 0 saturated carbocycles. The highest BCUT2D eigenvalue weighted by Crippen LogP contribution is 2.36. The summed E-state index contributed by atoms with van der Waals surface area (Å²) in [5, 5.41) is 31.8. The topological polar surface area (TPSA) is 135 Å². The number of quaternary nitrogens is 1. The molecule has 0 spiro atoms. The average molecular weight is 903 g/mol. The molecule has 0 aliphatic carbocycles. The van der Waals surface area contributed by atoms with Crippen molar-refractivity contribution in [3.8, 4) is 0 Å². The van der Waals surface area contributed by atoms with Gasteiger partial charge in [-0.3, -0.25) is 9.59 Å². The number of anilines is 2. The molecule has 14 heteroatoms. The number of aromatic nitrogens is 1. The van der Waals surface area contributed by atoms with Crippen LogP contribution in [-0.4, -0.2) is 71.1 Å². The first-order valence-electron chi connectivity index (χ1n) is 21.4. The highest BCUT2D eigenvalue weighted by Gasteiger charge is 2.17. The lowest BCUT2D eigenvalue weighted by Gasteiger charge is -2.16. The Balaban J connectivity index is 0.839. The Kier molecular flexibility index (Phi) is 16.1. The number of rotatable bonds is 20. The van der Waals surface area contributed by atoms with Gasteiger partial charge in [0.15, 0.2) is 12.7 Å². The Morgan fingerprint density at radius 2 is 1.15 bits per heavy atom. The molecular formula is C51H54N10O2S2+2. The van der Waals surface area contributed by atoms with Gasteiger partial charge in [-0.2, -0.15) is 4.57 Å². The molecule has 0 radical (unpaired) electrons. The number of nitrogens with zero attached hydrogens (tertiary/aromatic N) is 7. The van der Waals surface area contributed by atoms with Crippen molar-refractivity contribution in [1.29, 1.82) is 0 Å². The van der Waals surface area contributed by atoms with E-state index in [-0.39, 0.29) is 24.9 Å². The standard InChI is InChI=1S/C51H52N10O2S2/c1-6-15-43(55-56-44-24-26-47(59(2)3)38-18-9-7-16-36(38)44)40-20-11-13-22-42(40)54-34-50(62)52-29-32-64-65-33-30-53-51(63)35-61-31-28-46(41-21-12-14-23-49(41)61)58-57-45-25-27-48(60(4)5)39-19-10-8-17-37(39)45/h6-28,31,54H,1,29-30,32-35H2,2-5H3,(H-,52,53,62,63)/p+2/b43-15+,56-55?. The second-order valence-electron chi connectivity index (χ2n) is 15.5. The third-order valence-electron chi connectivity index (χ3n) is 10.6. The maximum atomic E-state index is 13.0. The van der Waals surface area contributed by atoms with Crippen molar-refractivity contribution in [2.24, 2.45) is 20.5 Å². The maximum absolute atomic E-state index is 13.0. The van der Waals surface area contributed by atoms with E-state index < -0.39 is 0 Å². The molecular weight excluding hydrogens is 849 g/mol. The summed E-state index contributed by atoms with van der Waals surface area (Å²) in [6.45, 7) is 5.37. The molecule has 7 aromatic rings. The van der Waals surface area contributed by atoms with Gasteiger partial charge in [0.05, 0.1) is 28.0 Å². The number of azo groups is 2. The van der Waals surface area contributed by atoms with E-state index in [1.165, 1.54) is 0 Å². The number of carbonyl (C=O) groups is 2. The van der Waals surface area contributed by atoms with Crippen LogP contribution in [0.25, 0.3) is 38.1 Å². The van der Waals surface area contributed by atoms with E-state index in [9.17, 15) is 9.59 Å². The molecule has 4 N–H and O–H groups in total. The SMILES string of the molecule is C=C/C=C(/N=Nc1ccc(N(C)C)c2ccccc12)c1ccccc1[NH2+]CC(=O)NCCSSCCNC(=O)C[n+]1ccc(N=Nc2ccc(N(C)C)c3ccccc23)c2ccccc21. The van der Waals surface area contributed by atoms with Gasteiger partial charge in [-0.05, 0) is 48.5 Å². The quantitative estimate of drug-likeness (QED) is 0.0174. The van der Waals surface area contributed by atoms with Crippen LogP contribution in [0.2, 0.25) is 0 Å². The summed E-state index contributed by atoms with van der Waals surface area (Å²) in [5.41, 5.74) is 7.81. The van der Waals surface area contributed by atoms with Crippen LogP contribution >= 0.6 is 21.6 Å². The van der Waals surface area contributed by atoms with Gasteiger partial charge in [0, 0.05) is 97.8 Å². The fourth-order valence-electron chi connectivity index (χ4n) is 7.47. The predicted octanol–water partition coefficient (Wildman–Crippen LogP) is 9.80. The van der Waals surface area contributed by atoms with E-state index in [4.69, 9.17) is 0 Å².